The van der Waals surface area contributed by atoms with Crippen molar-refractivity contribution in [3.8, 4) is 0 Å². The van der Waals surface area contributed by atoms with Crippen LogP contribution in [0.5, 0.6) is 0 Å². The third kappa shape index (κ3) is 4.66. The normalized spacial score (nSPS) is 10.3. The van der Waals surface area contributed by atoms with E-state index in [1.165, 1.54) is 12.8 Å². The van der Waals surface area contributed by atoms with Crippen LogP contribution >= 0.6 is 11.6 Å². The van der Waals surface area contributed by atoms with Gasteiger partial charge in [0.05, 0.1) is 6.20 Å². The SMILES string of the molecule is CCCCCNc1nncc(Nc2cccc(Cl)c2)n1. The van der Waals surface area contributed by atoms with Crippen molar-refractivity contribution in [2.45, 2.75) is 26.2 Å². The van der Waals surface area contributed by atoms with E-state index in [2.05, 4.69) is 32.7 Å². The number of nitrogens with zero attached hydrogens (tertiary/aromatic N) is 3. The molecule has 5 nitrogen and oxygen atoms in total. The smallest absolute Gasteiger partial charge is 0.244 e. The van der Waals surface area contributed by atoms with E-state index in [1.54, 1.807) is 6.20 Å². The van der Waals surface area contributed by atoms with E-state index in [1.807, 2.05) is 24.3 Å². The average Bonchev–Trinajstić information content (AvgIpc) is 2.44. The van der Waals surface area contributed by atoms with Crippen LogP contribution in [0, 0.1) is 0 Å². The Morgan fingerprint density at radius 2 is 2.15 bits per heavy atom. The van der Waals surface area contributed by atoms with Crippen LogP contribution < -0.4 is 10.6 Å². The zero-order valence-corrected chi connectivity index (χ0v) is 12.2. The molecule has 0 fully saturated rings. The molecule has 0 aliphatic heterocycles. The first kappa shape index (κ1) is 14.5. The predicted octanol–water partition coefficient (Wildman–Crippen LogP) is 3.87. The fraction of sp³-hybridized carbons (Fsp3) is 0.357. The van der Waals surface area contributed by atoms with Gasteiger partial charge in [-0.25, -0.2) is 0 Å². The highest BCUT2D eigenvalue weighted by Gasteiger charge is 2.01. The molecule has 0 aliphatic carbocycles. The fourth-order valence-electron chi connectivity index (χ4n) is 1.73. The van der Waals surface area contributed by atoms with Gasteiger partial charge in [0.1, 0.15) is 0 Å². The van der Waals surface area contributed by atoms with Gasteiger partial charge in [-0.1, -0.05) is 37.4 Å². The van der Waals surface area contributed by atoms with E-state index >= 15 is 0 Å². The second kappa shape index (κ2) is 7.65. The molecule has 20 heavy (non-hydrogen) atoms. The number of halogens is 1. The molecule has 1 aromatic carbocycles. The summed E-state index contributed by atoms with van der Waals surface area (Å²) in [5.74, 6) is 1.17. The van der Waals surface area contributed by atoms with E-state index in [0.29, 0.717) is 16.8 Å². The Kier molecular flexibility index (Phi) is 5.55. The topological polar surface area (TPSA) is 62.7 Å². The fourth-order valence-corrected chi connectivity index (χ4v) is 1.92. The molecule has 0 amide bonds. The molecule has 2 N–H and O–H groups in total. The summed E-state index contributed by atoms with van der Waals surface area (Å²) in [6.45, 7) is 3.03. The quantitative estimate of drug-likeness (QED) is 0.758. The Morgan fingerprint density at radius 3 is 2.95 bits per heavy atom. The van der Waals surface area contributed by atoms with Crippen LogP contribution in [0.4, 0.5) is 17.5 Å². The minimum Gasteiger partial charge on any atom is -0.353 e. The van der Waals surface area contributed by atoms with Crippen molar-refractivity contribution in [3.63, 3.8) is 0 Å². The number of aromatic nitrogens is 3. The number of unbranched alkanes of at least 4 members (excludes halogenated alkanes) is 2. The molecule has 6 heteroatoms. The van der Waals surface area contributed by atoms with Gasteiger partial charge >= 0.3 is 0 Å². The third-order valence-corrected chi connectivity index (χ3v) is 2.95. The summed E-state index contributed by atoms with van der Waals surface area (Å²) in [4.78, 5) is 4.36. The third-order valence-electron chi connectivity index (χ3n) is 2.72. The zero-order chi connectivity index (χ0) is 14.2. The summed E-state index contributed by atoms with van der Waals surface area (Å²) >= 11 is 5.94. The van der Waals surface area contributed by atoms with E-state index in [0.717, 1.165) is 18.7 Å². The van der Waals surface area contributed by atoms with Crippen LogP contribution in [0.3, 0.4) is 0 Å². The molecule has 0 radical (unpaired) electrons. The van der Waals surface area contributed by atoms with Crippen LogP contribution in [-0.2, 0) is 0 Å². The summed E-state index contributed by atoms with van der Waals surface area (Å²) < 4.78 is 0. The van der Waals surface area contributed by atoms with Crippen molar-refractivity contribution >= 4 is 29.1 Å². The lowest BCUT2D eigenvalue weighted by molar-refractivity contribution is 0.738. The van der Waals surface area contributed by atoms with Crippen molar-refractivity contribution in [3.05, 3.63) is 35.5 Å². The standard InChI is InChI=1S/C14H18ClN5/c1-2-3-4-8-16-14-19-13(10-17-20-14)18-12-7-5-6-11(15)9-12/h5-7,9-10H,2-4,8H2,1H3,(H2,16,18,19,20). The Balaban J connectivity index is 1.95. The first-order chi connectivity index (χ1) is 9.78. The number of hydrogen-bond donors (Lipinski definition) is 2. The molecule has 1 heterocycles. The van der Waals surface area contributed by atoms with Crippen molar-refractivity contribution in [1.82, 2.24) is 15.2 Å². The van der Waals surface area contributed by atoms with Crippen LogP contribution in [0.2, 0.25) is 5.02 Å². The van der Waals surface area contributed by atoms with Gasteiger partial charge in [-0.2, -0.15) is 10.1 Å². The highest BCUT2D eigenvalue weighted by Crippen LogP contribution is 2.18. The van der Waals surface area contributed by atoms with Gasteiger partial charge in [-0.3, -0.25) is 0 Å². The van der Waals surface area contributed by atoms with Crippen LogP contribution in [-0.4, -0.2) is 21.7 Å². The summed E-state index contributed by atoms with van der Waals surface area (Å²) in [5, 5.41) is 14.9. The number of rotatable bonds is 7. The maximum absolute atomic E-state index is 5.94. The first-order valence-corrected chi connectivity index (χ1v) is 7.12. The number of hydrogen-bond acceptors (Lipinski definition) is 5. The molecule has 0 saturated heterocycles. The minimum absolute atomic E-state index is 0.535. The highest BCUT2D eigenvalue weighted by atomic mass is 35.5. The van der Waals surface area contributed by atoms with Crippen molar-refractivity contribution in [2.24, 2.45) is 0 Å². The Labute approximate surface area is 123 Å². The zero-order valence-electron chi connectivity index (χ0n) is 11.4. The van der Waals surface area contributed by atoms with Crippen molar-refractivity contribution in [2.75, 3.05) is 17.2 Å². The second-order valence-corrected chi connectivity index (χ2v) is 4.87. The van der Waals surface area contributed by atoms with E-state index in [9.17, 15) is 0 Å². The highest BCUT2D eigenvalue weighted by molar-refractivity contribution is 6.30. The predicted molar refractivity (Wildman–Crippen MR) is 82.6 cm³/mol. The van der Waals surface area contributed by atoms with Gasteiger partial charge < -0.3 is 10.6 Å². The van der Waals surface area contributed by atoms with Crippen LogP contribution in [0.1, 0.15) is 26.2 Å². The lowest BCUT2D eigenvalue weighted by Crippen LogP contribution is -2.07. The summed E-state index contributed by atoms with van der Waals surface area (Å²) in [5.41, 5.74) is 0.870. The van der Waals surface area contributed by atoms with Crippen LogP contribution in [0.15, 0.2) is 30.5 Å². The number of nitrogens with one attached hydrogen (secondary N) is 2. The lowest BCUT2D eigenvalue weighted by Gasteiger charge is -2.07. The largest absolute Gasteiger partial charge is 0.353 e. The van der Waals surface area contributed by atoms with Gasteiger partial charge in [0.25, 0.3) is 0 Å². The molecule has 1 aromatic heterocycles. The molecule has 0 spiro atoms. The van der Waals surface area contributed by atoms with Gasteiger partial charge in [-0.15, -0.1) is 5.10 Å². The van der Waals surface area contributed by atoms with Crippen molar-refractivity contribution in [1.29, 1.82) is 0 Å². The molecule has 2 rings (SSSR count). The Bertz CT molecular complexity index is 547. The molecule has 2 aromatic rings. The minimum atomic E-state index is 0.535. The lowest BCUT2D eigenvalue weighted by atomic mass is 10.2. The van der Waals surface area contributed by atoms with E-state index in [4.69, 9.17) is 11.6 Å². The van der Waals surface area contributed by atoms with Gasteiger partial charge in [-0.05, 0) is 24.6 Å². The van der Waals surface area contributed by atoms with E-state index < -0.39 is 0 Å². The molecular formula is C14H18ClN5. The molecule has 0 bridgehead atoms. The summed E-state index contributed by atoms with van der Waals surface area (Å²) in [6, 6.07) is 7.45. The maximum atomic E-state index is 5.94. The second-order valence-electron chi connectivity index (χ2n) is 4.43. The average molecular weight is 292 g/mol. The molecule has 0 atom stereocenters. The molecular weight excluding hydrogens is 274 g/mol. The van der Waals surface area contributed by atoms with Gasteiger partial charge in [0.2, 0.25) is 5.95 Å². The molecule has 0 saturated carbocycles. The number of anilines is 3. The maximum Gasteiger partial charge on any atom is 0.244 e. The van der Waals surface area contributed by atoms with E-state index in [-0.39, 0.29) is 0 Å². The van der Waals surface area contributed by atoms with Crippen molar-refractivity contribution < 1.29 is 0 Å². The summed E-state index contributed by atoms with van der Waals surface area (Å²) in [7, 11) is 0. The molecule has 106 valence electrons. The Hall–Kier alpha value is -1.88. The number of benzene rings is 1. The van der Waals surface area contributed by atoms with Gasteiger partial charge in [0.15, 0.2) is 5.82 Å². The summed E-state index contributed by atoms with van der Waals surface area (Å²) in [6.07, 6.45) is 5.07. The Morgan fingerprint density at radius 1 is 1.25 bits per heavy atom. The first-order valence-electron chi connectivity index (χ1n) is 6.74. The van der Waals surface area contributed by atoms with Gasteiger partial charge in [0, 0.05) is 17.3 Å². The molecule has 0 unspecified atom stereocenters. The monoisotopic (exact) mass is 291 g/mol. The van der Waals surface area contributed by atoms with Crippen LogP contribution in [0.25, 0.3) is 0 Å². The molecule has 0 aliphatic rings.